The molecule has 0 aliphatic carbocycles. The van der Waals surface area contributed by atoms with Crippen LogP contribution in [0, 0.1) is 0 Å². The largest absolute Gasteiger partial charge is 0.490 e. The predicted octanol–water partition coefficient (Wildman–Crippen LogP) is 6.56. The van der Waals surface area contributed by atoms with Gasteiger partial charge in [-0.25, -0.2) is 4.79 Å². The molecule has 9 heteroatoms. The number of benzene rings is 2. The first kappa shape index (κ1) is 30.2. The number of carboxylic acids is 1. The van der Waals surface area contributed by atoms with Crippen LogP contribution in [0.1, 0.15) is 45.5 Å². The van der Waals surface area contributed by atoms with Crippen LogP contribution in [0.25, 0.3) is 21.8 Å². The van der Waals surface area contributed by atoms with Gasteiger partial charge in [0.05, 0.1) is 28.8 Å². The molecule has 190 valence electrons. The Labute approximate surface area is 218 Å². The topological polar surface area (TPSA) is 116 Å². The summed E-state index contributed by atoms with van der Waals surface area (Å²) in [6.45, 7) is 7.88. The van der Waals surface area contributed by atoms with Crippen LogP contribution >= 0.6 is 15.9 Å². The van der Waals surface area contributed by atoms with E-state index in [0.29, 0.717) is 11.3 Å². The number of aromatic carboxylic acids is 1. The van der Waals surface area contributed by atoms with Gasteiger partial charge in [-0.2, -0.15) is 9.59 Å². The lowest BCUT2D eigenvalue weighted by atomic mass is 10.1. The van der Waals surface area contributed by atoms with Crippen molar-refractivity contribution in [2.24, 2.45) is 0 Å². The van der Waals surface area contributed by atoms with Crippen molar-refractivity contribution in [3.8, 4) is 11.5 Å². The summed E-state index contributed by atoms with van der Waals surface area (Å²) in [5.74, 6) is 0.564. The highest BCUT2D eigenvalue weighted by Gasteiger charge is 2.13. The Balaban J connectivity index is 0.000000319. The normalized spacial score (nSPS) is 9.86. The predicted molar refractivity (Wildman–Crippen MR) is 141 cm³/mol. The van der Waals surface area contributed by atoms with Gasteiger partial charge < -0.3 is 14.6 Å². The van der Waals surface area contributed by atoms with Gasteiger partial charge >= 0.3 is 12.1 Å². The van der Waals surface area contributed by atoms with Crippen molar-refractivity contribution in [3.05, 3.63) is 71.0 Å². The summed E-state index contributed by atoms with van der Waals surface area (Å²) in [5, 5.41) is 10.8. The van der Waals surface area contributed by atoms with Gasteiger partial charge in [-0.15, -0.1) is 0 Å². The first-order valence-electron chi connectivity index (χ1n) is 10.7. The summed E-state index contributed by atoms with van der Waals surface area (Å²) in [5.41, 5.74) is 1.59. The zero-order valence-corrected chi connectivity index (χ0v) is 21.3. The smallest absolute Gasteiger partial charge is 0.373 e. The molecule has 2 aromatic carbocycles. The molecule has 0 aliphatic heterocycles. The Morgan fingerprint density at radius 3 is 1.75 bits per heavy atom. The van der Waals surface area contributed by atoms with Gasteiger partial charge in [0.2, 0.25) is 0 Å². The van der Waals surface area contributed by atoms with E-state index in [4.69, 9.17) is 24.2 Å². The molecule has 8 nitrogen and oxygen atoms in total. The van der Waals surface area contributed by atoms with E-state index in [1.165, 1.54) is 6.07 Å². The maximum absolute atomic E-state index is 11.1. The summed E-state index contributed by atoms with van der Waals surface area (Å²) >= 11 is 3.48. The molecule has 0 radical (unpaired) electrons. The van der Waals surface area contributed by atoms with E-state index < -0.39 is 5.97 Å². The lowest BCUT2D eigenvalue weighted by Gasteiger charge is -2.12. The molecular formula is C27H29BrN2O6. The van der Waals surface area contributed by atoms with Crippen molar-refractivity contribution < 1.29 is 29.0 Å². The van der Waals surface area contributed by atoms with E-state index in [1.807, 2.05) is 58.0 Å². The number of ether oxygens (including phenoxy) is 2. The molecule has 2 heterocycles. The molecule has 0 fully saturated rings. The Hall–Kier alpha value is -3.81. The highest BCUT2D eigenvalue weighted by molar-refractivity contribution is 9.10. The van der Waals surface area contributed by atoms with E-state index >= 15 is 0 Å². The number of hydrogen-bond acceptors (Lipinski definition) is 7. The minimum Gasteiger partial charge on any atom is -0.490 e. The number of fused-ring (bicyclic) bond motifs is 2. The molecule has 2 aromatic heterocycles. The molecule has 0 amide bonds. The summed E-state index contributed by atoms with van der Waals surface area (Å²) in [7, 11) is 0. The first-order chi connectivity index (χ1) is 16.7. The van der Waals surface area contributed by atoms with Crippen LogP contribution in [-0.2, 0) is 9.59 Å². The number of aromatic nitrogens is 2. The van der Waals surface area contributed by atoms with Crippen LogP contribution in [0.15, 0.2) is 65.4 Å². The van der Waals surface area contributed by atoms with E-state index in [1.54, 1.807) is 24.5 Å². The Kier molecular flexibility index (Phi) is 12.2. The van der Waals surface area contributed by atoms with Gasteiger partial charge in [-0.1, -0.05) is 7.43 Å². The molecule has 4 aromatic rings. The van der Waals surface area contributed by atoms with Crippen LogP contribution in [-0.4, -0.2) is 39.4 Å². The number of pyridine rings is 2. The highest BCUT2D eigenvalue weighted by Crippen LogP contribution is 2.30. The minimum absolute atomic E-state index is 0. The minimum atomic E-state index is -0.982. The number of carbonyl (C=O) groups is 1. The molecule has 0 atom stereocenters. The number of carbonyl (C=O) groups excluding carboxylic acids is 2. The summed E-state index contributed by atoms with van der Waals surface area (Å²) < 4.78 is 12.3. The fourth-order valence-corrected chi connectivity index (χ4v) is 3.59. The van der Waals surface area contributed by atoms with E-state index in [9.17, 15) is 4.79 Å². The standard InChI is InChI=1S/C13H13NO3.C12H12BrNO.CO2.CH4/c1-8(2)17-11-6-5-10(13(15)16)12-9(11)4-3-7-14-12;1-8(2)15-11-6-5-10(13)12-9(11)4-3-7-14-12;2-1-3;/h3-8H,1-2H3,(H,15,16);3-8H,1-2H3;;1H4. The second-order valence-corrected chi connectivity index (χ2v) is 8.53. The van der Waals surface area contributed by atoms with Gasteiger partial charge in [-0.05, 0) is 92.2 Å². The number of hydrogen-bond donors (Lipinski definition) is 1. The van der Waals surface area contributed by atoms with E-state index in [2.05, 4.69) is 25.9 Å². The quantitative estimate of drug-likeness (QED) is 0.294. The maximum atomic E-state index is 11.1. The monoisotopic (exact) mass is 556 g/mol. The molecule has 0 saturated heterocycles. The van der Waals surface area contributed by atoms with E-state index in [0.717, 1.165) is 26.5 Å². The van der Waals surface area contributed by atoms with Gasteiger partial charge in [0, 0.05) is 27.6 Å². The fraction of sp³-hybridized carbons (Fsp3) is 0.259. The van der Waals surface area contributed by atoms with Gasteiger partial charge in [0.25, 0.3) is 0 Å². The Bertz CT molecular complexity index is 1330. The molecule has 0 saturated carbocycles. The molecule has 36 heavy (non-hydrogen) atoms. The van der Waals surface area contributed by atoms with Crippen LogP contribution < -0.4 is 9.47 Å². The third kappa shape index (κ3) is 8.15. The number of carboxylic acid groups (broad SMARTS) is 1. The number of nitrogens with zero attached hydrogens (tertiary/aromatic N) is 2. The number of halogens is 1. The average molecular weight is 557 g/mol. The van der Waals surface area contributed by atoms with Crippen molar-refractivity contribution in [1.82, 2.24) is 9.97 Å². The maximum Gasteiger partial charge on any atom is 0.373 e. The lowest BCUT2D eigenvalue weighted by Crippen LogP contribution is -2.07. The molecule has 0 spiro atoms. The van der Waals surface area contributed by atoms with Crippen molar-refractivity contribution in [1.29, 1.82) is 0 Å². The molecule has 0 bridgehead atoms. The fourth-order valence-electron chi connectivity index (χ4n) is 3.14. The SMILES string of the molecule is C.CC(C)Oc1ccc(Br)c2ncccc12.CC(C)Oc1ccc(C(=O)O)c2ncccc12.O=C=O. The average Bonchev–Trinajstić information content (AvgIpc) is 2.81. The third-order valence-corrected chi connectivity index (χ3v) is 5.01. The molecule has 1 N–H and O–H groups in total. The van der Waals surface area contributed by atoms with Crippen LogP contribution in [0.5, 0.6) is 11.5 Å². The van der Waals surface area contributed by atoms with Gasteiger partial charge in [0.15, 0.2) is 0 Å². The summed E-state index contributed by atoms with van der Waals surface area (Å²) in [4.78, 5) is 35.7. The molecular weight excluding hydrogens is 528 g/mol. The van der Waals surface area contributed by atoms with Crippen molar-refractivity contribution in [2.45, 2.75) is 47.3 Å². The van der Waals surface area contributed by atoms with Crippen molar-refractivity contribution >= 4 is 49.9 Å². The molecule has 4 rings (SSSR count). The van der Waals surface area contributed by atoms with Crippen molar-refractivity contribution in [3.63, 3.8) is 0 Å². The first-order valence-corrected chi connectivity index (χ1v) is 11.5. The number of rotatable bonds is 5. The Morgan fingerprint density at radius 1 is 0.833 bits per heavy atom. The van der Waals surface area contributed by atoms with Crippen LogP contribution in [0.2, 0.25) is 0 Å². The molecule has 0 aliphatic rings. The zero-order chi connectivity index (χ0) is 26.0. The van der Waals surface area contributed by atoms with Crippen molar-refractivity contribution in [2.75, 3.05) is 0 Å². The van der Waals surface area contributed by atoms with Gasteiger partial charge in [-0.3, -0.25) is 9.97 Å². The van der Waals surface area contributed by atoms with Crippen LogP contribution in [0.4, 0.5) is 0 Å². The summed E-state index contributed by atoms with van der Waals surface area (Å²) in [6, 6.07) is 14.6. The second-order valence-electron chi connectivity index (χ2n) is 7.68. The highest BCUT2D eigenvalue weighted by atomic mass is 79.9. The lowest BCUT2D eigenvalue weighted by molar-refractivity contribution is -0.191. The third-order valence-electron chi connectivity index (χ3n) is 4.37. The van der Waals surface area contributed by atoms with E-state index in [-0.39, 0.29) is 31.3 Å². The van der Waals surface area contributed by atoms with Crippen LogP contribution in [0.3, 0.4) is 0 Å². The summed E-state index contributed by atoms with van der Waals surface area (Å²) in [6.07, 6.45) is 3.82. The van der Waals surface area contributed by atoms with Gasteiger partial charge in [0.1, 0.15) is 11.5 Å². The Morgan fingerprint density at radius 2 is 1.28 bits per heavy atom. The second kappa shape index (κ2) is 14.6. The molecule has 0 unspecified atom stereocenters. The zero-order valence-electron chi connectivity index (χ0n) is 19.7.